The number of hydrogen-bond donors (Lipinski definition) is 1. The second-order valence-corrected chi connectivity index (χ2v) is 7.63. The molecule has 0 amide bonds. The largest absolute Gasteiger partial charge is 0.463 e. The lowest BCUT2D eigenvalue weighted by molar-refractivity contribution is -0.136. The van der Waals surface area contributed by atoms with Crippen molar-refractivity contribution in [3.05, 3.63) is 85.3 Å². The van der Waals surface area contributed by atoms with Crippen LogP contribution in [0.4, 0.5) is 0 Å². The topological polar surface area (TPSA) is 124 Å². The zero-order valence-corrected chi connectivity index (χ0v) is 17.3. The van der Waals surface area contributed by atoms with E-state index >= 15 is 0 Å². The van der Waals surface area contributed by atoms with Crippen molar-refractivity contribution in [2.45, 2.75) is 12.8 Å². The number of nitrogens with two attached hydrogens (primary N) is 1. The number of nitrogens with zero attached hydrogens (tertiary/aromatic N) is 4. The second-order valence-electron chi connectivity index (χ2n) is 6.60. The zero-order valence-electron chi connectivity index (χ0n) is 16.5. The van der Waals surface area contributed by atoms with Gasteiger partial charge in [0.05, 0.1) is 34.3 Å². The summed E-state index contributed by atoms with van der Waals surface area (Å²) < 4.78 is 7.24. The summed E-state index contributed by atoms with van der Waals surface area (Å²) in [4.78, 5) is 34.2. The number of carbonyl (C=O) groups excluding carboxylic acids is 1. The molecule has 2 N–H and O–H groups in total. The van der Waals surface area contributed by atoms with Crippen LogP contribution in [0.3, 0.4) is 0 Å². The molecule has 3 aromatic heterocycles. The van der Waals surface area contributed by atoms with Gasteiger partial charge in [0.2, 0.25) is 0 Å². The lowest BCUT2D eigenvalue weighted by atomic mass is 9.84. The number of nitriles is 1. The monoisotopic (exact) mass is 431 g/mol. The third-order valence-electron chi connectivity index (χ3n) is 4.81. The molecule has 4 heterocycles. The van der Waals surface area contributed by atoms with Crippen molar-refractivity contribution in [3.63, 3.8) is 0 Å². The number of fused-ring (bicyclic) bond motifs is 1. The van der Waals surface area contributed by atoms with Crippen molar-refractivity contribution < 1.29 is 9.53 Å². The fraction of sp³-hybridized carbons (Fsp3) is 0.136. The fourth-order valence-corrected chi connectivity index (χ4v) is 4.62. The van der Waals surface area contributed by atoms with Crippen molar-refractivity contribution in [2.75, 3.05) is 6.61 Å². The van der Waals surface area contributed by atoms with E-state index in [2.05, 4.69) is 16.0 Å². The Kier molecular flexibility index (Phi) is 5.47. The van der Waals surface area contributed by atoms with E-state index in [1.54, 1.807) is 62.1 Å². The number of allylic oxidation sites excluding steroid dienone is 1. The van der Waals surface area contributed by atoms with Gasteiger partial charge in [-0.2, -0.15) is 5.26 Å². The summed E-state index contributed by atoms with van der Waals surface area (Å²) >= 11 is 1.13. The third-order valence-corrected chi connectivity index (χ3v) is 5.92. The highest BCUT2D eigenvalue weighted by molar-refractivity contribution is 7.07. The van der Waals surface area contributed by atoms with Gasteiger partial charge < -0.3 is 10.5 Å². The third kappa shape index (κ3) is 3.53. The quantitative estimate of drug-likeness (QED) is 0.603. The maximum atomic E-state index is 13.2. The summed E-state index contributed by atoms with van der Waals surface area (Å²) in [6.45, 7) is 1.85. The van der Waals surface area contributed by atoms with E-state index in [1.807, 2.05) is 0 Å². The zero-order chi connectivity index (χ0) is 22.0. The van der Waals surface area contributed by atoms with Crippen LogP contribution in [0.1, 0.15) is 24.0 Å². The van der Waals surface area contributed by atoms with Gasteiger partial charge >= 0.3 is 5.97 Å². The first-order valence-corrected chi connectivity index (χ1v) is 10.2. The fourth-order valence-electron chi connectivity index (χ4n) is 3.45. The Balaban J connectivity index is 2.10. The number of carbonyl (C=O) groups is 1. The van der Waals surface area contributed by atoms with Gasteiger partial charge in [-0.05, 0) is 48.4 Å². The van der Waals surface area contributed by atoms with Gasteiger partial charge in [0.1, 0.15) is 10.5 Å². The highest BCUT2D eigenvalue weighted by atomic mass is 32.1. The van der Waals surface area contributed by atoms with E-state index in [0.29, 0.717) is 14.8 Å². The minimum atomic E-state index is -0.765. The van der Waals surface area contributed by atoms with Crippen molar-refractivity contribution in [2.24, 2.45) is 5.73 Å². The standard InChI is InChI=1S/C22H17N5O3S/c1-2-30-22(29)18-17(14-5-9-26-10-6-14)15(12-23)19(24)27-20(28)16(31-21(18)27)11-13-3-7-25-8-4-13/h3-11,17H,2,24H2,1H3/b16-11+/t17-/m1/s1. The second kappa shape index (κ2) is 8.38. The summed E-state index contributed by atoms with van der Waals surface area (Å²) in [6.07, 6.45) is 8.08. The predicted molar refractivity (Wildman–Crippen MR) is 116 cm³/mol. The Morgan fingerprint density at radius 3 is 2.52 bits per heavy atom. The highest BCUT2D eigenvalue weighted by Gasteiger charge is 2.36. The van der Waals surface area contributed by atoms with Gasteiger partial charge in [0, 0.05) is 24.8 Å². The molecule has 0 aromatic carbocycles. The Labute approximate surface area is 180 Å². The molecule has 3 aromatic rings. The van der Waals surface area contributed by atoms with Crippen LogP contribution in [0.2, 0.25) is 0 Å². The van der Waals surface area contributed by atoms with Gasteiger partial charge in [-0.15, -0.1) is 11.3 Å². The van der Waals surface area contributed by atoms with E-state index < -0.39 is 17.4 Å². The summed E-state index contributed by atoms with van der Waals surface area (Å²) in [5, 5.41) is 9.89. The van der Waals surface area contributed by atoms with E-state index in [-0.39, 0.29) is 23.6 Å². The molecule has 0 aliphatic carbocycles. The summed E-state index contributed by atoms with van der Waals surface area (Å²) in [5.74, 6) is -1.36. The number of pyridine rings is 2. The molecule has 1 aliphatic heterocycles. The molecule has 31 heavy (non-hydrogen) atoms. The van der Waals surface area contributed by atoms with Crippen LogP contribution in [0.25, 0.3) is 17.5 Å². The molecular formula is C22H17N5O3S. The molecule has 0 saturated heterocycles. The maximum Gasteiger partial charge on any atom is 0.338 e. The van der Waals surface area contributed by atoms with Crippen LogP contribution < -0.4 is 20.5 Å². The Morgan fingerprint density at radius 1 is 1.26 bits per heavy atom. The maximum absolute atomic E-state index is 13.2. The van der Waals surface area contributed by atoms with Crippen molar-refractivity contribution in [3.8, 4) is 6.07 Å². The normalized spacial score (nSPS) is 16.1. The van der Waals surface area contributed by atoms with E-state index in [9.17, 15) is 14.9 Å². The van der Waals surface area contributed by atoms with Crippen LogP contribution in [-0.4, -0.2) is 27.1 Å². The smallest absolute Gasteiger partial charge is 0.338 e. The van der Waals surface area contributed by atoms with Gasteiger partial charge in [0.15, 0.2) is 0 Å². The van der Waals surface area contributed by atoms with Gasteiger partial charge in [-0.25, -0.2) is 4.79 Å². The molecule has 9 heteroatoms. The molecule has 8 nitrogen and oxygen atoms in total. The van der Waals surface area contributed by atoms with Gasteiger partial charge in [-0.3, -0.25) is 19.3 Å². The van der Waals surface area contributed by atoms with Crippen molar-refractivity contribution >= 4 is 34.8 Å². The molecule has 0 saturated carbocycles. The molecule has 0 radical (unpaired) electrons. The lowest BCUT2D eigenvalue weighted by Crippen LogP contribution is -2.40. The summed E-state index contributed by atoms with van der Waals surface area (Å²) in [6, 6.07) is 9.03. The SMILES string of the molecule is CCOC(=O)C1=c2s/c(=C/c3ccncc3)c(=O)n2C(N)=C(C#N)[C@H]1c1ccncc1. The van der Waals surface area contributed by atoms with Crippen molar-refractivity contribution in [1.82, 2.24) is 14.5 Å². The number of ether oxygens (including phenoxy) is 1. The molecule has 4 rings (SSSR count). The lowest BCUT2D eigenvalue weighted by Gasteiger charge is -2.24. The predicted octanol–water partition coefficient (Wildman–Crippen LogP) is 0.691. The first-order valence-electron chi connectivity index (χ1n) is 9.41. The number of thiazole rings is 1. The van der Waals surface area contributed by atoms with E-state index in [1.165, 1.54) is 4.57 Å². The molecule has 1 aliphatic rings. The van der Waals surface area contributed by atoms with Crippen LogP contribution in [-0.2, 0) is 9.53 Å². The van der Waals surface area contributed by atoms with Crippen LogP contribution in [0.5, 0.6) is 0 Å². The minimum Gasteiger partial charge on any atom is -0.463 e. The minimum absolute atomic E-state index is 0.00277. The molecule has 0 unspecified atom stereocenters. The first-order chi connectivity index (χ1) is 15.1. The number of hydrogen-bond acceptors (Lipinski definition) is 8. The van der Waals surface area contributed by atoms with Crippen LogP contribution in [0.15, 0.2) is 59.4 Å². The number of aromatic nitrogens is 3. The van der Waals surface area contributed by atoms with Crippen LogP contribution in [0, 0.1) is 11.3 Å². The Bertz CT molecular complexity index is 1400. The molecular weight excluding hydrogens is 414 g/mol. The molecule has 154 valence electrons. The van der Waals surface area contributed by atoms with E-state index in [0.717, 1.165) is 16.9 Å². The average molecular weight is 431 g/mol. The van der Waals surface area contributed by atoms with Gasteiger partial charge in [-0.1, -0.05) is 0 Å². The summed E-state index contributed by atoms with van der Waals surface area (Å²) in [5.41, 5.74) is 7.63. The number of esters is 1. The number of rotatable bonds is 4. The van der Waals surface area contributed by atoms with Gasteiger partial charge in [0.25, 0.3) is 5.56 Å². The highest BCUT2D eigenvalue weighted by Crippen LogP contribution is 2.36. The Hall–Kier alpha value is -4.03. The van der Waals surface area contributed by atoms with E-state index in [4.69, 9.17) is 10.5 Å². The summed E-state index contributed by atoms with van der Waals surface area (Å²) in [7, 11) is 0. The van der Waals surface area contributed by atoms with Crippen molar-refractivity contribution in [1.29, 1.82) is 5.26 Å². The molecule has 0 fully saturated rings. The first kappa shape index (κ1) is 20.3. The van der Waals surface area contributed by atoms with Crippen LogP contribution >= 0.6 is 11.3 Å². The molecule has 1 atom stereocenters. The average Bonchev–Trinajstić information content (AvgIpc) is 3.11. The Morgan fingerprint density at radius 2 is 1.90 bits per heavy atom. The molecule has 0 spiro atoms. The molecule has 0 bridgehead atoms.